The normalized spacial score (nSPS) is 17.0. The number of aliphatic imine (C=N–C) groups is 2. The van der Waals surface area contributed by atoms with Crippen LogP contribution in [-0.4, -0.2) is 34.5 Å². The first kappa shape index (κ1) is 26.6. The third-order valence-electron chi connectivity index (χ3n) is 8.16. The molecule has 41 heavy (non-hydrogen) atoms. The van der Waals surface area contributed by atoms with Crippen LogP contribution in [0.25, 0.3) is 33.3 Å². The van der Waals surface area contributed by atoms with Gasteiger partial charge in [-0.2, -0.15) is 0 Å². The van der Waals surface area contributed by atoms with Crippen LogP contribution in [0.4, 0.5) is 0 Å². The molecule has 1 aliphatic rings. The molecule has 0 amide bonds. The van der Waals surface area contributed by atoms with Crippen molar-refractivity contribution in [1.29, 1.82) is 0 Å². The van der Waals surface area contributed by atoms with E-state index in [1.54, 1.807) is 0 Å². The Hall–Kier alpha value is -4.64. The number of rotatable bonds is 7. The first-order chi connectivity index (χ1) is 19.9. The molecule has 0 aliphatic carbocycles. The molecular formula is C36H34N4O. The second kappa shape index (κ2) is 10.7. The van der Waals surface area contributed by atoms with Crippen LogP contribution in [0.3, 0.4) is 0 Å². The number of hydrogen-bond donors (Lipinski definition) is 0. The van der Waals surface area contributed by atoms with Crippen molar-refractivity contribution >= 4 is 33.5 Å². The number of fused-ring (bicyclic) bond motifs is 4. The van der Waals surface area contributed by atoms with Crippen LogP contribution in [0.1, 0.15) is 52.9 Å². The van der Waals surface area contributed by atoms with E-state index in [0.29, 0.717) is 5.71 Å². The molecule has 5 heteroatoms. The molecule has 204 valence electrons. The standard InChI is InChI=1S/C36H34N4O/c1-7-31-27-12-10-9-11-26(27)28(32(8-2)39-31)15-13-24-14-16-29-30-17-18-33(25-19-21(3)38-22(4)20-25)40-36(30)41-35(29)34(24)23(5)37-6/h7-12,14,16-20,28,32H,1-2,13,15H2,3-6H3/b37-23-. The maximum atomic E-state index is 6.53. The monoisotopic (exact) mass is 538 g/mol. The summed E-state index contributed by atoms with van der Waals surface area (Å²) < 4.78 is 6.53. The lowest BCUT2D eigenvalue weighted by atomic mass is 9.80. The summed E-state index contributed by atoms with van der Waals surface area (Å²) >= 11 is 0. The van der Waals surface area contributed by atoms with Gasteiger partial charge in [-0.15, -0.1) is 6.58 Å². The molecule has 0 fully saturated rings. The minimum atomic E-state index is 0.000280. The van der Waals surface area contributed by atoms with Gasteiger partial charge >= 0.3 is 0 Å². The van der Waals surface area contributed by atoms with Gasteiger partial charge in [-0.05, 0) is 75.1 Å². The Kier molecular flexibility index (Phi) is 6.96. The van der Waals surface area contributed by atoms with Gasteiger partial charge in [-0.25, -0.2) is 4.98 Å². The second-order valence-electron chi connectivity index (χ2n) is 10.8. The number of benzene rings is 2. The summed E-state index contributed by atoms with van der Waals surface area (Å²) in [6.45, 7) is 14.2. The highest BCUT2D eigenvalue weighted by Gasteiger charge is 2.29. The predicted molar refractivity (Wildman–Crippen MR) is 171 cm³/mol. The lowest BCUT2D eigenvalue weighted by Gasteiger charge is -2.30. The summed E-state index contributed by atoms with van der Waals surface area (Å²) in [7, 11) is 1.84. The highest BCUT2D eigenvalue weighted by molar-refractivity contribution is 6.15. The molecule has 5 nitrogen and oxygen atoms in total. The van der Waals surface area contributed by atoms with Crippen molar-refractivity contribution in [2.24, 2.45) is 9.98 Å². The second-order valence-corrected chi connectivity index (χ2v) is 10.8. The van der Waals surface area contributed by atoms with E-state index in [4.69, 9.17) is 14.4 Å². The molecule has 0 saturated heterocycles. The van der Waals surface area contributed by atoms with Crippen molar-refractivity contribution in [3.8, 4) is 11.3 Å². The summed E-state index contributed by atoms with van der Waals surface area (Å²) in [6.07, 6.45) is 5.57. The number of pyridine rings is 2. The number of hydrogen-bond acceptors (Lipinski definition) is 5. The molecule has 2 aromatic carbocycles. The third kappa shape index (κ3) is 4.71. The Morgan fingerprint density at radius 1 is 0.976 bits per heavy atom. The Labute approximate surface area is 241 Å². The highest BCUT2D eigenvalue weighted by Crippen LogP contribution is 2.38. The zero-order chi connectivity index (χ0) is 28.7. The van der Waals surface area contributed by atoms with Crippen LogP contribution in [0, 0.1) is 13.8 Å². The minimum absolute atomic E-state index is 0.000280. The SMILES string of the molecule is C=CC1=NC(C=C)C(CCc2ccc3c(oc4nc(-c5cc(C)nc(C)c5)ccc43)c2/C(C)=N\C)c2ccccc21. The van der Waals surface area contributed by atoms with Gasteiger partial charge < -0.3 is 4.42 Å². The van der Waals surface area contributed by atoms with Gasteiger partial charge in [0.1, 0.15) is 5.58 Å². The topological polar surface area (TPSA) is 63.6 Å². The van der Waals surface area contributed by atoms with E-state index in [-0.39, 0.29) is 12.0 Å². The van der Waals surface area contributed by atoms with Crippen LogP contribution >= 0.6 is 0 Å². The summed E-state index contributed by atoms with van der Waals surface area (Å²) in [6, 6.07) is 21.2. The fourth-order valence-electron chi connectivity index (χ4n) is 6.20. The molecule has 0 saturated carbocycles. The van der Waals surface area contributed by atoms with Crippen LogP contribution in [0.2, 0.25) is 0 Å². The number of aryl methyl sites for hydroxylation is 3. The van der Waals surface area contributed by atoms with Crippen LogP contribution in [-0.2, 0) is 6.42 Å². The molecule has 0 spiro atoms. The van der Waals surface area contributed by atoms with Gasteiger partial charge in [-0.3, -0.25) is 15.0 Å². The van der Waals surface area contributed by atoms with Gasteiger partial charge in [0, 0.05) is 57.5 Å². The Morgan fingerprint density at radius 2 is 1.73 bits per heavy atom. The van der Waals surface area contributed by atoms with E-state index >= 15 is 0 Å². The fourth-order valence-corrected chi connectivity index (χ4v) is 6.20. The third-order valence-corrected chi connectivity index (χ3v) is 8.16. The zero-order valence-electron chi connectivity index (χ0n) is 24.1. The van der Waals surface area contributed by atoms with E-state index in [1.807, 2.05) is 33.0 Å². The maximum absolute atomic E-state index is 6.53. The average Bonchev–Trinajstić information content (AvgIpc) is 3.36. The van der Waals surface area contributed by atoms with Crippen LogP contribution < -0.4 is 0 Å². The van der Waals surface area contributed by atoms with Gasteiger partial charge in [0.25, 0.3) is 0 Å². The Balaban J connectivity index is 1.41. The molecular weight excluding hydrogens is 504 g/mol. The highest BCUT2D eigenvalue weighted by atomic mass is 16.3. The van der Waals surface area contributed by atoms with Gasteiger partial charge in [0.2, 0.25) is 5.71 Å². The predicted octanol–water partition coefficient (Wildman–Crippen LogP) is 8.36. The van der Waals surface area contributed by atoms with Gasteiger partial charge in [0.05, 0.1) is 17.4 Å². The van der Waals surface area contributed by atoms with Crippen molar-refractivity contribution in [3.63, 3.8) is 0 Å². The average molecular weight is 539 g/mol. The molecule has 2 unspecified atom stereocenters. The van der Waals surface area contributed by atoms with E-state index in [9.17, 15) is 0 Å². The van der Waals surface area contributed by atoms with Crippen molar-refractivity contribution in [2.45, 2.75) is 45.6 Å². The number of aromatic nitrogens is 2. The summed E-state index contributed by atoms with van der Waals surface area (Å²) in [5.74, 6) is 0.224. The Morgan fingerprint density at radius 3 is 2.46 bits per heavy atom. The van der Waals surface area contributed by atoms with Gasteiger partial charge in [0.15, 0.2) is 0 Å². The lowest BCUT2D eigenvalue weighted by molar-refractivity contribution is 0.559. The number of nitrogens with zero attached hydrogens (tertiary/aromatic N) is 4. The fraction of sp³-hybridized carbons (Fsp3) is 0.222. The maximum Gasteiger partial charge on any atom is 0.227 e. The van der Waals surface area contributed by atoms with Crippen molar-refractivity contribution < 1.29 is 4.42 Å². The smallest absolute Gasteiger partial charge is 0.227 e. The largest absolute Gasteiger partial charge is 0.437 e. The molecule has 4 heterocycles. The lowest BCUT2D eigenvalue weighted by Crippen LogP contribution is -2.24. The number of allylic oxidation sites excluding steroid dienone is 1. The van der Waals surface area contributed by atoms with Crippen LogP contribution in [0.15, 0.2) is 100 Å². The Bertz CT molecular complexity index is 1870. The molecule has 3 aromatic heterocycles. The van der Waals surface area contributed by atoms with Crippen molar-refractivity contribution in [2.75, 3.05) is 7.05 Å². The summed E-state index contributed by atoms with van der Waals surface area (Å²) in [5.41, 5.74) is 11.9. The minimum Gasteiger partial charge on any atom is -0.437 e. The summed E-state index contributed by atoms with van der Waals surface area (Å²) in [5, 5.41) is 2.05. The van der Waals surface area contributed by atoms with E-state index in [2.05, 4.69) is 90.7 Å². The summed E-state index contributed by atoms with van der Waals surface area (Å²) in [4.78, 5) is 19.0. The van der Waals surface area contributed by atoms with E-state index in [0.717, 1.165) is 74.4 Å². The molecule has 0 N–H and O–H groups in total. The van der Waals surface area contributed by atoms with E-state index < -0.39 is 0 Å². The first-order valence-electron chi connectivity index (χ1n) is 14.1. The molecule has 1 aliphatic heterocycles. The quantitative estimate of drug-likeness (QED) is 0.154. The van der Waals surface area contributed by atoms with Crippen molar-refractivity contribution in [3.05, 3.63) is 120 Å². The van der Waals surface area contributed by atoms with Gasteiger partial charge in [-0.1, -0.05) is 49.1 Å². The first-order valence-corrected chi connectivity index (χ1v) is 14.1. The number of furan rings is 1. The molecule has 0 bridgehead atoms. The molecule has 5 aromatic rings. The van der Waals surface area contributed by atoms with E-state index in [1.165, 1.54) is 11.1 Å². The zero-order valence-corrected chi connectivity index (χ0v) is 24.1. The molecule has 0 radical (unpaired) electrons. The molecule has 2 atom stereocenters. The van der Waals surface area contributed by atoms with Crippen LogP contribution in [0.5, 0.6) is 0 Å². The molecule has 6 rings (SSSR count). The van der Waals surface area contributed by atoms with Crippen molar-refractivity contribution in [1.82, 2.24) is 9.97 Å².